The molecule has 3 aromatic carbocycles. The van der Waals surface area contributed by atoms with Gasteiger partial charge in [0, 0.05) is 16.9 Å². The fraction of sp³-hybridized carbons (Fsp3) is 0.0435. The van der Waals surface area contributed by atoms with Crippen LogP contribution < -0.4 is 5.32 Å². The molecule has 10 heteroatoms. The smallest absolute Gasteiger partial charge is 0.234 e. The highest BCUT2D eigenvalue weighted by molar-refractivity contribution is 7.99. The zero-order valence-corrected chi connectivity index (χ0v) is 18.1. The molecule has 0 spiro atoms. The number of tetrazole rings is 1. The third-order valence-electron chi connectivity index (χ3n) is 4.76. The van der Waals surface area contributed by atoms with Gasteiger partial charge in [-0.15, -0.1) is 15.3 Å². The summed E-state index contributed by atoms with van der Waals surface area (Å²) >= 11 is 1.33. The Balaban J connectivity index is 1.34. The molecule has 0 unspecified atom stereocenters. The topological polar surface area (TPSA) is 103 Å². The fourth-order valence-electron chi connectivity index (χ4n) is 3.28. The van der Waals surface area contributed by atoms with Crippen molar-refractivity contribution in [2.75, 3.05) is 11.1 Å². The molecule has 5 aromatic rings. The molecule has 0 bridgehead atoms. The molecule has 0 radical (unpaired) electrons. The van der Waals surface area contributed by atoms with Gasteiger partial charge in [0.15, 0.2) is 11.0 Å². The van der Waals surface area contributed by atoms with Gasteiger partial charge in [-0.05, 0) is 40.8 Å². The number of para-hydroxylation sites is 1. The number of amides is 1. The lowest BCUT2D eigenvalue weighted by Gasteiger charge is -2.10. The van der Waals surface area contributed by atoms with Gasteiger partial charge in [0.25, 0.3) is 0 Å². The Kier molecular flexibility index (Phi) is 5.89. The molecule has 0 aliphatic heterocycles. The van der Waals surface area contributed by atoms with Gasteiger partial charge in [-0.25, -0.2) is 4.68 Å². The molecule has 0 saturated carbocycles. The van der Waals surface area contributed by atoms with Crippen LogP contribution in [0.4, 0.5) is 5.69 Å². The summed E-state index contributed by atoms with van der Waals surface area (Å²) in [6.45, 7) is 0. The Labute approximate surface area is 193 Å². The van der Waals surface area contributed by atoms with E-state index in [1.165, 1.54) is 22.8 Å². The number of hydrogen-bond acceptors (Lipinski definition) is 7. The van der Waals surface area contributed by atoms with Crippen molar-refractivity contribution in [2.24, 2.45) is 0 Å². The second-order valence-electron chi connectivity index (χ2n) is 6.98. The van der Waals surface area contributed by atoms with Crippen LogP contribution in [0, 0.1) is 0 Å². The van der Waals surface area contributed by atoms with Gasteiger partial charge in [0.05, 0.1) is 11.4 Å². The minimum Gasteiger partial charge on any atom is -0.325 e. The minimum absolute atomic E-state index is 0.155. The minimum atomic E-state index is -0.155. The van der Waals surface area contributed by atoms with Gasteiger partial charge in [-0.2, -0.15) is 0 Å². The maximum atomic E-state index is 12.7. The average Bonchev–Trinajstić information content (AvgIpc) is 3.55. The maximum Gasteiger partial charge on any atom is 0.234 e. The van der Waals surface area contributed by atoms with Crippen molar-refractivity contribution in [3.05, 3.63) is 91.3 Å². The highest BCUT2D eigenvalue weighted by Crippen LogP contribution is 2.28. The second-order valence-corrected chi connectivity index (χ2v) is 7.93. The summed E-state index contributed by atoms with van der Waals surface area (Å²) in [7, 11) is 0. The molecule has 5 rings (SSSR count). The summed E-state index contributed by atoms with van der Waals surface area (Å²) in [6.07, 6.45) is 1.50. The monoisotopic (exact) mass is 454 g/mol. The van der Waals surface area contributed by atoms with Crippen LogP contribution >= 0.6 is 11.8 Å². The van der Waals surface area contributed by atoms with Gasteiger partial charge >= 0.3 is 0 Å². The van der Waals surface area contributed by atoms with Crippen molar-refractivity contribution in [3.63, 3.8) is 0 Å². The van der Waals surface area contributed by atoms with Crippen LogP contribution in [0.5, 0.6) is 0 Å². The third-order valence-corrected chi connectivity index (χ3v) is 5.68. The number of nitrogens with one attached hydrogen (secondary N) is 1. The molecule has 2 aromatic heterocycles. The van der Waals surface area contributed by atoms with Crippen molar-refractivity contribution in [2.45, 2.75) is 5.16 Å². The number of carbonyl (C=O) groups excluding carboxylic acids is 1. The third kappa shape index (κ3) is 4.65. The average molecular weight is 455 g/mol. The van der Waals surface area contributed by atoms with Crippen molar-refractivity contribution < 1.29 is 4.79 Å². The normalized spacial score (nSPS) is 10.8. The maximum absolute atomic E-state index is 12.7. The molecule has 0 saturated heterocycles. The van der Waals surface area contributed by atoms with Gasteiger partial charge in [0.1, 0.15) is 6.33 Å². The first kappa shape index (κ1) is 20.6. The first-order valence-electron chi connectivity index (χ1n) is 10.1. The van der Waals surface area contributed by atoms with Crippen molar-refractivity contribution in [1.82, 2.24) is 35.0 Å². The van der Waals surface area contributed by atoms with Gasteiger partial charge in [-0.1, -0.05) is 66.4 Å². The predicted molar refractivity (Wildman–Crippen MR) is 125 cm³/mol. The lowest BCUT2D eigenvalue weighted by atomic mass is 10.2. The second kappa shape index (κ2) is 9.45. The molecule has 0 aliphatic rings. The zero-order valence-electron chi connectivity index (χ0n) is 17.3. The number of nitrogens with zero attached hydrogens (tertiary/aromatic N) is 7. The Hall–Kier alpha value is -4.31. The van der Waals surface area contributed by atoms with E-state index in [0.717, 1.165) is 22.8 Å². The zero-order chi connectivity index (χ0) is 22.5. The number of aromatic nitrogens is 7. The fourth-order valence-corrected chi connectivity index (χ4v) is 4.03. The summed E-state index contributed by atoms with van der Waals surface area (Å²) in [5.74, 6) is 0.742. The largest absolute Gasteiger partial charge is 0.325 e. The SMILES string of the molecule is O=C(CSc1nnc(-c2ccccc2)n1-c1ccccc1)Nc1cccc(-n2cnnn2)c1. The standard InChI is InChI=1S/C23H18N8OS/c32-21(25-18-10-7-13-20(14-18)30-16-24-28-29-30)15-33-23-27-26-22(17-8-3-1-4-9-17)31(23)19-11-5-2-6-12-19/h1-14,16H,15H2,(H,25,32). The number of benzene rings is 3. The molecule has 0 aliphatic carbocycles. The molecule has 2 heterocycles. The molecule has 33 heavy (non-hydrogen) atoms. The number of thioether (sulfide) groups is 1. The Morgan fingerprint density at radius 1 is 0.879 bits per heavy atom. The van der Waals surface area contributed by atoms with E-state index >= 15 is 0 Å². The van der Waals surface area contributed by atoms with Crippen LogP contribution in [0.2, 0.25) is 0 Å². The van der Waals surface area contributed by atoms with Crippen LogP contribution in [0.1, 0.15) is 0 Å². The molecule has 0 fully saturated rings. The Morgan fingerprint density at radius 3 is 2.39 bits per heavy atom. The Bertz CT molecular complexity index is 1350. The van der Waals surface area contributed by atoms with E-state index in [-0.39, 0.29) is 11.7 Å². The number of hydrogen-bond donors (Lipinski definition) is 1. The summed E-state index contributed by atoms with van der Waals surface area (Å²) in [5, 5.41) is 23.5. The van der Waals surface area contributed by atoms with E-state index in [2.05, 4.69) is 31.0 Å². The summed E-state index contributed by atoms with van der Waals surface area (Å²) in [5.41, 5.74) is 3.29. The highest BCUT2D eigenvalue weighted by Gasteiger charge is 2.17. The molecule has 0 atom stereocenters. The van der Waals surface area contributed by atoms with Crippen LogP contribution in [-0.2, 0) is 4.79 Å². The van der Waals surface area contributed by atoms with Gasteiger partial charge < -0.3 is 5.32 Å². The van der Waals surface area contributed by atoms with E-state index in [1.54, 1.807) is 6.07 Å². The van der Waals surface area contributed by atoms with Gasteiger partial charge in [0.2, 0.25) is 5.91 Å². The molecule has 9 nitrogen and oxygen atoms in total. The number of carbonyl (C=O) groups is 1. The summed E-state index contributed by atoms with van der Waals surface area (Å²) < 4.78 is 3.49. The van der Waals surface area contributed by atoms with Crippen LogP contribution in [0.15, 0.2) is 96.4 Å². The molecule has 1 amide bonds. The first-order valence-corrected chi connectivity index (χ1v) is 11.1. The van der Waals surface area contributed by atoms with Gasteiger partial charge in [-0.3, -0.25) is 9.36 Å². The van der Waals surface area contributed by atoms with E-state index in [9.17, 15) is 4.79 Å². The van der Waals surface area contributed by atoms with Crippen LogP contribution in [0.3, 0.4) is 0 Å². The molecular weight excluding hydrogens is 436 g/mol. The lowest BCUT2D eigenvalue weighted by molar-refractivity contribution is -0.113. The summed E-state index contributed by atoms with van der Waals surface area (Å²) in [6, 6.07) is 27.0. The van der Waals surface area contributed by atoms with E-state index in [0.29, 0.717) is 10.8 Å². The van der Waals surface area contributed by atoms with E-state index < -0.39 is 0 Å². The van der Waals surface area contributed by atoms with E-state index in [1.807, 2.05) is 83.4 Å². The van der Waals surface area contributed by atoms with Crippen LogP contribution in [-0.4, -0.2) is 46.6 Å². The quantitative estimate of drug-likeness (QED) is 0.375. The Morgan fingerprint density at radius 2 is 1.64 bits per heavy atom. The summed E-state index contributed by atoms with van der Waals surface area (Å²) in [4.78, 5) is 12.7. The molecular formula is C23H18N8OS. The number of anilines is 1. The number of rotatable bonds is 7. The predicted octanol–water partition coefficient (Wildman–Crippen LogP) is 3.64. The van der Waals surface area contributed by atoms with Crippen molar-refractivity contribution >= 4 is 23.4 Å². The lowest BCUT2D eigenvalue weighted by Crippen LogP contribution is -2.15. The first-order chi connectivity index (χ1) is 16.3. The van der Waals surface area contributed by atoms with Crippen LogP contribution in [0.25, 0.3) is 22.8 Å². The van der Waals surface area contributed by atoms with E-state index in [4.69, 9.17) is 0 Å². The van der Waals surface area contributed by atoms with Crippen molar-refractivity contribution in [3.8, 4) is 22.8 Å². The molecule has 162 valence electrons. The van der Waals surface area contributed by atoms with Crippen molar-refractivity contribution in [1.29, 1.82) is 0 Å². The highest BCUT2D eigenvalue weighted by atomic mass is 32.2. The molecule has 1 N–H and O–H groups in total.